The normalized spacial score (nSPS) is 16.8. The Morgan fingerprint density at radius 3 is 2.33 bits per heavy atom. The van der Waals surface area contributed by atoms with Crippen LogP contribution in [0.3, 0.4) is 0 Å². The molecule has 2 nitrogen and oxygen atoms in total. The molecule has 2 unspecified atom stereocenters. The van der Waals surface area contributed by atoms with Crippen molar-refractivity contribution >= 4 is 5.97 Å². The molecule has 0 rings (SSSR count). The molecule has 0 aromatic rings. The quantitative estimate of drug-likeness (QED) is 0.628. The molecule has 0 aromatic heterocycles. The molecule has 2 heteroatoms. The molecular formula is C7H13O2. The summed E-state index contributed by atoms with van der Waals surface area (Å²) in [7, 11) is 0. The highest BCUT2D eigenvalue weighted by atomic mass is 16.4. The highest BCUT2D eigenvalue weighted by molar-refractivity contribution is 5.70. The van der Waals surface area contributed by atoms with Gasteiger partial charge in [-0.3, -0.25) is 4.79 Å². The number of hydrogen-bond donors (Lipinski definition) is 1. The number of rotatable bonds is 3. The summed E-state index contributed by atoms with van der Waals surface area (Å²) < 4.78 is 0. The first-order valence-electron chi connectivity index (χ1n) is 3.15. The Bertz CT molecular complexity index is 99.1. The largest absolute Gasteiger partial charge is 0.481 e. The molecule has 53 valence electrons. The summed E-state index contributed by atoms with van der Waals surface area (Å²) in [6.07, 6.45) is 0.875. The van der Waals surface area contributed by atoms with Crippen LogP contribution in [0, 0.1) is 18.8 Å². The first kappa shape index (κ1) is 8.47. The van der Waals surface area contributed by atoms with Crippen LogP contribution in [0.15, 0.2) is 0 Å². The van der Waals surface area contributed by atoms with E-state index in [-0.39, 0.29) is 5.92 Å². The molecule has 9 heavy (non-hydrogen) atoms. The fraction of sp³-hybridized carbons (Fsp3) is 0.714. The van der Waals surface area contributed by atoms with E-state index in [2.05, 4.69) is 6.92 Å². The molecule has 0 spiro atoms. The molecule has 0 heterocycles. The van der Waals surface area contributed by atoms with Crippen molar-refractivity contribution < 1.29 is 9.90 Å². The number of aliphatic carboxylic acids is 1. The van der Waals surface area contributed by atoms with E-state index < -0.39 is 11.9 Å². The second-order valence-electron chi connectivity index (χ2n) is 2.33. The van der Waals surface area contributed by atoms with Gasteiger partial charge in [0.2, 0.25) is 0 Å². The minimum Gasteiger partial charge on any atom is -0.481 e. The molecule has 1 radical (unpaired) electrons. The van der Waals surface area contributed by atoms with Gasteiger partial charge in [-0.1, -0.05) is 20.3 Å². The Morgan fingerprint density at radius 1 is 1.78 bits per heavy atom. The molecular weight excluding hydrogens is 116 g/mol. The van der Waals surface area contributed by atoms with Crippen LogP contribution in [0.5, 0.6) is 0 Å². The van der Waals surface area contributed by atoms with Gasteiger partial charge >= 0.3 is 5.97 Å². The van der Waals surface area contributed by atoms with Crippen molar-refractivity contribution in [2.45, 2.75) is 20.3 Å². The lowest BCUT2D eigenvalue weighted by molar-refractivity contribution is -0.141. The molecule has 0 amide bonds. The number of hydrogen-bond acceptors (Lipinski definition) is 1. The molecule has 0 aliphatic carbocycles. The highest BCUT2D eigenvalue weighted by Crippen LogP contribution is 2.13. The van der Waals surface area contributed by atoms with Crippen LogP contribution in [0.1, 0.15) is 20.3 Å². The minimum absolute atomic E-state index is 0.183. The lowest BCUT2D eigenvalue weighted by Crippen LogP contribution is -2.17. The molecule has 0 aliphatic rings. The van der Waals surface area contributed by atoms with Crippen molar-refractivity contribution in [1.82, 2.24) is 0 Å². The Morgan fingerprint density at radius 2 is 2.22 bits per heavy atom. The lowest BCUT2D eigenvalue weighted by atomic mass is 9.94. The third-order valence-corrected chi connectivity index (χ3v) is 1.65. The van der Waals surface area contributed by atoms with Crippen LogP contribution in [-0.2, 0) is 4.79 Å². The topological polar surface area (TPSA) is 37.3 Å². The van der Waals surface area contributed by atoms with Crippen LogP contribution in [0.4, 0.5) is 0 Å². The predicted octanol–water partition coefficient (Wildman–Crippen LogP) is 1.57. The average Bonchev–Trinajstić information content (AvgIpc) is 1.84. The number of carbonyl (C=O) groups is 1. The Balaban J connectivity index is 3.72. The molecule has 0 fully saturated rings. The SMILES string of the molecule is [CH2]C(C(=O)O)C(C)CC. The van der Waals surface area contributed by atoms with Gasteiger partial charge in [-0.15, -0.1) is 0 Å². The van der Waals surface area contributed by atoms with E-state index in [1.165, 1.54) is 0 Å². The van der Waals surface area contributed by atoms with E-state index in [0.29, 0.717) is 0 Å². The summed E-state index contributed by atoms with van der Waals surface area (Å²) >= 11 is 0. The van der Waals surface area contributed by atoms with Crippen molar-refractivity contribution in [3.63, 3.8) is 0 Å². The van der Waals surface area contributed by atoms with Gasteiger partial charge in [-0.25, -0.2) is 0 Å². The van der Waals surface area contributed by atoms with Crippen molar-refractivity contribution in [3.05, 3.63) is 6.92 Å². The molecule has 0 saturated carbocycles. The fourth-order valence-electron chi connectivity index (χ4n) is 0.528. The summed E-state index contributed by atoms with van der Waals surface area (Å²) in [6, 6.07) is 0. The Kier molecular flexibility index (Phi) is 3.28. The van der Waals surface area contributed by atoms with Gasteiger partial charge in [0, 0.05) is 0 Å². The second kappa shape index (κ2) is 3.49. The Labute approximate surface area is 55.9 Å². The van der Waals surface area contributed by atoms with Gasteiger partial charge in [-0.2, -0.15) is 0 Å². The van der Waals surface area contributed by atoms with Crippen LogP contribution < -0.4 is 0 Å². The maximum absolute atomic E-state index is 10.2. The molecule has 0 saturated heterocycles. The van der Waals surface area contributed by atoms with E-state index >= 15 is 0 Å². The summed E-state index contributed by atoms with van der Waals surface area (Å²) in [4.78, 5) is 10.2. The van der Waals surface area contributed by atoms with Crippen LogP contribution >= 0.6 is 0 Å². The molecule has 0 aromatic carbocycles. The van der Waals surface area contributed by atoms with Crippen LogP contribution in [0.25, 0.3) is 0 Å². The van der Waals surface area contributed by atoms with Gasteiger partial charge in [0.15, 0.2) is 0 Å². The first-order chi connectivity index (χ1) is 4.09. The highest BCUT2D eigenvalue weighted by Gasteiger charge is 2.16. The average molecular weight is 129 g/mol. The summed E-state index contributed by atoms with van der Waals surface area (Å²) in [5.41, 5.74) is 0. The maximum atomic E-state index is 10.2. The zero-order valence-corrected chi connectivity index (χ0v) is 5.92. The van der Waals surface area contributed by atoms with E-state index in [1.54, 1.807) is 0 Å². The Hall–Kier alpha value is -0.530. The summed E-state index contributed by atoms with van der Waals surface area (Å²) in [6.45, 7) is 7.37. The first-order valence-corrected chi connectivity index (χ1v) is 3.15. The molecule has 2 atom stereocenters. The van der Waals surface area contributed by atoms with Crippen LogP contribution in [0.2, 0.25) is 0 Å². The predicted molar refractivity (Wildman–Crippen MR) is 35.9 cm³/mol. The van der Waals surface area contributed by atoms with Crippen molar-refractivity contribution in [3.8, 4) is 0 Å². The summed E-state index contributed by atoms with van der Waals surface area (Å²) in [5.74, 6) is -1.07. The summed E-state index contributed by atoms with van der Waals surface area (Å²) in [5, 5.41) is 8.42. The van der Waals surface area contributed by atoms with E-state index in [9.17, 15) is 4.79 Å². The standard InChI is InChI=1S/C7H13O2/c1-4-5(2)6(3)7(8)9/h5-6H,3-4H2,1-2H3,(H,8,9). The van der Waals surface area contributed by atoms with Gasteiger partial charge < -0.3 is 5.11 Å². The molecule has 1 N–H and O–H groups in total. The van der Waals surface area contributed by atoms with Crippen molar-refractivity contribution in [2.75, 3.05) is 0 Å². The zero-order chi connectivity index (χ0) is 7.44. The zero-order valence-electron chi connectivity index (χ0n) is 5.92. The molecule has 0 aliphatic heterocycles. The minimum atomic E-state index is -0.802. The fourth-order valence-corrected chi connectivity index (χ4v) is 0.528. The van der Waals surface area contributed by atoms with Gasteiger partial charge in [0.25, 0.3) is 0 Å². The van der Waals surface area contributed by atoms with Gasteiger partial charge in [-0.05, 0) is 12.8 Å². The van der Waals surface area contributed by atoms with E-state index in [4.69, 9.17) is 5.11 Å². The van der Waals surface area contributed by atoms with Gasteiger partial charge in [0.1, 0.15) is 0 Å². The lowest BCUT2D eigenvalue weighted by Gasteiger charge is -2.11. The van der Waals surface area contributed by atoms with Gasteiger partial charge in [0.05, 0.1) is 5.92 Å². The monoisotopic (exact) mass is 129 g/mol. The number of carboxylic acids is 1. The smallest absolute Gasteiger partial charge is 0.306 e. The number of carboxylic acid groups (broad SMARTS) is 1. The van der Waals surface area contributed by atoms with E-state index in [0.717, 1.165) is 6.42 Å². The van der Waals surface area contributed by atoms with Crippen molar-refractivity contribution in [1.29, 1.82) is 0 Å². The third kappa shape index (κ3) is 2.49. The van der Waals surface area contributed by atoms with Crippen LogP contribution in [-0.4, -0.2) is 11.1 Å². The van der Waals surface area contributed by atoms with E-state index in [1.807, 2.05) is 13.8 Å². The molecule has 0 bridgehead atoms. The van der Waals surface area contributed by atoms with Crippen molar-refractivity contribution in [2.24, 2.45) is 11.8 Å². The third-order valence-electron chi connectivity index (χ3n) is 1.65. The maximum Gasteiger partial charge on any atom is 0.306 e. The second-order valence-corrected chi connectivity index (χ2v) is 2.33.